The van der Waals surface area contributed by atoms with Crippen LogP contribution in [0.1, 0.15) is 33.1 Å². The summed E-state index contributed by atoms with van der Waals surface area (Å²) in [5.41, 5.74) is 3.72. The summed E-state index contributed by atoms with van der Waals surface area (Å²) in [5.74, 6) is 0.707. The molecule has 0 fully saturated rings. The van der Waals surface area contributed by atoms with Gasteiger partial charge in [-0.1, -0.05) is 28.4 Å². The van der Waals surface area contributed by atoms with Crippen molar-refractivity contribution in [3.8, 4) is 16.9 Å². The van der Waals surface area contributed by atoms with Crippen molar-refractivity contribution in [3.63, 3.8) is 0 Å². The third-order valence-corrected chi connectivity index (χ3v) is 7.06. The predicted octanol–water partition coefficient (Wildman–Crippen LogP) is 4.37. The molecule has 1 aromatic carbocycles. The number of hydrogen-bond donors (Lipinski definition) is 0. The highest BCUT2D eigenvalue weighted by molar-refractivity contribution is 6.41. The van der Waals surface area contributed by atoms with E-state index < -0.39 is 0 Å². The quantitative estimate of drug-likeness (QED) is 0.524. The molecule has 0 atom stereocenters. The fourth-order valence-electron chi connectivity index (χ4n) is 4.39. The molecule has 0 spiro atoms. The van der Waals surface area contributed by atoms with E-state index >= 15 is 0 Å². The number of halogens is 2. The van der Waals surface area contributed by atoms with Crippen LogP contribution in [0.15, 0.2) is 21.5 Å². The molecule has 4 rings (SSSR count). The number of aryl methyl sites for hydroxylation is 3. The maximum Gasteiger partial charge on any atom is 0.259 e. The van der Waals surface area contributed by atoms with Gasteiger partial charge in [-0.25, -0.2) is 0 Å². The first-order valence-electron chi connectivity index (χ1n) is 10.8. The van der Waals surface area contributed by atoms with E-state index in [2.05, 4.69) is 5.16 Å². The van der Waals surface area contributed by atoms with Crippen LogP contribution in [0.25, 0.3) is 11.1 Å². The van der Waals surface area contributed by atoms with E-state index in [9.17, 15) is 9.59 Å². The average Bonchev–Trinajstić information content (AvgIpc) is 3.07. The zero-order valence-electron chi connectivity index (χ0n) is 20.0. The summed E-state index contributed by atoms with van der Waals surface area (Å²) >= 11 is 13.6. The number of nitrogens with zero attached hydrogens (tertiary/aromatic N) is 4. The Balaban J connectivity index is 1.87. The number of likely N-dealkylation sites (N-methyl/N-ethyl adjacent to an activating group) is 1. The number of benzene rings is 1. The third kappa shape index (κ3) is 3.84. The van der Waals surface area contributed by atoms with Crippen LogP contribution in [-0.2, 0) is 13.6 Å². The molecule has 1 amide bonds. The smallest absolute Gasteiger partial charge is 0.259 e. The number of methoxy groups -OCH3 is 1. The maximum absolute atomic E-state index is 13.9. The molecule has 0 unspecified atom stereocenters. The molecule has 0 radical (unpaired) electrons. The van der Waals surface area contributed by atoms with Crippen molar-refractivity contribution in [2.24, 2.45) is 7.05 Å². The van der Waals surface area contributed by atoms with Crippen molar-refractivity contribution in [2.75, 3.05) is 32.1 Å². The first-order valence-corrected chi connectivity index (χ1v) is 11.5. The molecule has 0 saturated carbocycles. The number of aromatic nitrogens is 2. The molecule has 0 bridgehead atoms. The zero-order chi connectivity index (χ0) is 24.9. The van der Waals surface area contributed by atoms with Gasteiger partial charge in [0.25, 0.3) is 11.5 Å². The van der Waals surface area contributed by atoms with Crippen molar-refractivity contribution in [3.05, 3.63) is 60.8 Å². The van der Waals surface area contributed by atoms with Gasteiger partial charge in [-0.3, -0.25) is 9.59 Å². The van der Waals surface area contributed by atoms with Gasteiger partial charge in [0.2, 0.25) is 0 Å². The number of amides is 1. The fraction of sp³-hybridized carbons (Fsp3) is 0.375. The van der Waals surface area contributed by atoms with Crippen LogP contribution < -0.4 is 15.2 Å². The third-order valence-electron chi connectivity index (χ3n) is 6.38. The monoisotopic (exact) mass is 504 g/mol. The van der Waals surface area contributed by atoms with Crippen molar-refractivity contribution in [1.82, 2.24) is 14.6 Å². The Bertz CT molecular complexity index is 1340. The number of rotatable bonds is 4. The second-order valence-electron chi connectivity index (χ2n) is 8.49. The van der Waals surface area contributed by atoms with E-state index in [1.807, 2.05) is 18.9 Å². The molecule has 1 aliphatic rings. The largest absolute Gasteiger partial charge is 0.496 e. The second kappa shape index (κ2) is 9.00. The first kappa shape index (κ1) is 24.2. The van der Waals surface area contributed by atoms with Gasteiger partial charge in [0.15, 0.2) is 0 Å². The zero-order valence-corrected chi connectivity index (χ0v) is 21.5. The van der Waals surface area contributed by atoms with Crippen LogP contribution in [0, 0.1) is 20.8 Å². The Hall–Kier alpha value is -2.97. The molecule has 3 heterocycles. The topological polar surface area (TPSA) is 80.8 Å². The summed E-state index contributed by atoms with van der Waals surface area (Å²) in [6.45, 7) is 6.37. The van der Waals surface area contributed by atoms with Crippen molar-refractivity contribution < 1.29 is 14.1 Å². The molecule has 34 heavy (non-hydrogen) atoms. The van der Waals surface area contributed by atoms with Crippen LogP contribution >= 0.6 is 23.2 Å². The van der Waals surface area contributed by atoms with Crippen LogP contribution in [0.3, 0.4) is 0 Å². The lowest BCUT2D eigenvalue weighted by Gasteiger charge is -2.23. The maximum atomic E-state index is 13.9. The summed E-state index contributed by atoms with van der Waals surface area (Å²) in [6, 6.07) is 3.53. The lowest BCUT2D eigenvalue weighted by Crippen LogP contribution is -2.36. The van der Waals surface area contributed by atoms with Crippen LogP contribution in [0.5, 0.6) is 5.75 Å². The van der Waals surface area contributed by atoms with E-state index in [0.29, 0.717) is 57.7 Å². The molecular weight excluding hydrogens is 479 g/mol. The number of fused-ring (bicyclic) bond motifs is 1. The molecule has 0 saturated heterocycles. The van der Waals surface area contributed by atoms with Crippen molar-refractivity contribution in [2.45, 2.75) is 27.3 Å². The van der Waals surface area contributed by atoms with Gasteiger partial charge in [-0.2, -0.15) is 0 Å². The molecule has 8 nitrogen and oxygen atoms in total. The molecule has 0 N–H and O–H groups in total. The van der Waals surface area contributed by atoms with Crippen molar-refractivity contribution in [1.29, 1.82) is 0 Å². The van der Waals surface area contributed by atoms with Gasteiger partial charge in [0.05, 0.1) is 46.2 Å². The van der Waals surface area contributed by atoms with Crippen molar-refractivity contribution >= 4 is 34.8 Å². The van der Waals surface area contributed by atoms with Crippen LogP contribution in [0.4, 0.5) is 5.69 Å². The minimum absolute atomic E-state index is 0.0751. The number of ether oxygens (including phenoxy) is 1. The van der Waals surface area contributed by atoms with Gasteiger partial charge in [-0.15, -0.1) is 0 Å². The van der Waals surface area contributed by atoms with Gasteiger partial charge in [0.1, 0.15) is 11.5 Å². The Labute approximate surface area is 207 Å². The minimum Gasteiger partial charge on any atom is -0.496 e. The van der Waals surface area contributed by atoms with E-state index in [-0.39, 0.29) is 28.6 Å². The number of anilines is 1. The summed E-state index contributed by atoms with van der Waals surface area (Å²) < 4.78 is 12.3. The second-order valence-corrected chi connectivity index (χ2v) is 9.27. The van der Waals surface area contributed by atoms with Gasteiger partial charge in [0, 0.05) is 44.0 Å². The van der Waals surface area contributed by atoms with E-state index in [1.165, 1.54) is 7.11 Å². The van der Waals surface area contributed by atoms with E-state index in [0.717, 1.165) is 5.69 Å². The molecule has 3 aromatic rings. The molecular formula is C24H26Cl2N4O4. The fourth-order valence-corrected chi connectivity index (χ4v) is 5.05. The number of pyridine rings is 1. The molecule has 1 aliphatic heterocycles. The van der Waals surface area contributed by atoms with Crippen LogP contribution in [0.2, 0.25) is 10.0 Å². The Morgan fingerprint density at radius 3 is 2.41 bits per heavy atom. The van der Waals surface area contributed by atoms with E-state index in [4.69, 9.17) is 32.5 Å². The molecule has 10 heteroatoms. The Kier molecular flexibility index (Phi) is 6.40. The predicted molar refractivity (Wildman–Crippen MR) is 132 cm³/mol. The highest BCUT2D eigenvalue weighted by Crippen LogP contribution is 2.44. The Morgan fingerprint density at radius 2 is 1.79 bits per heavy atom. The lowest BCUT2D eigenvalue weighted by atomic mass is 9.99. The highest BCUT2D eigenvalue weighted by Gasteiger charge is 2.33. The van der Waals surface area contributed by atoms with Gasteiger partial charge in [-0.05, 0) is 32.9 Å². The summed E-state index contributed by atoms with van der Waals surface area (Å²) in [6.07, 6.45) is 0. The summed E-state index contributed by atoms with van der Waals surface area (Å²) in [4.78, 5) is 30.4. The molecule has 2 aromatic heterocycles. The molecule has 0 aliphatic carbocycles. The Morgan fingerprint density at radius 1 is 1.09 bits per heavy atom. The average molecular weight is 505 g/mol. The van der Waals surface area contributed by atoms with Crippen LogP contribution in [-0.4, -0.2) is 47.8 Å². The standard InChI is InChI=1S/C24H26Cl2N4O4/c1-12-9-18(33-6)16(23(31)29(12)5)11-30-8-7-28(4)22-17(25)10-15(21(26)20(22)24(30)32)19-13(2)27-34-14(19)3/h9-10H,7-8,11H2,1-6H3. The van der Waals surface area contributed by atoms with E-state index in [1.54, 1.807) is 42.5 Å². The van der Waals surface area contributed by atoms with Gasteiger partial charge >= 0.3 is 0 Å². The summed E-state index contributed by atoms with van der Waals surface area (Å²) in [5, 5.41) is 4.67. The molecule has 180 valence electrons. The number of hydrogen-bond acceptors (Lipinski definition) is 6. The lowest BCUT2D eigenvalue weighted by molar-refractivity contribution is 0.0753. The highest BCUT2D eigenvalue weighted by atomic mass is 35.5. The van der Waals surface area contributed by atoms with Gasteiger partial charge < -0.3 is 23.6 Å². The normalized spacial score (nSPS) is 13.8. The number of carbonyl (C=O) groups is 1. The minimum atomic E-state index is -0.315. The number of carbonyl (C=O) groups excluding carboxylic acids is 1. The SMILES string of the molecule is COc1cc(C)n(C)c(=O)c1CN1CCN(C)c2c(Cl)cc(-c3c(C)noc3C)c(Cl)c2C1=O. The summed E-state index contributed by atoms with van der Waals surface area (Å²) in [7, 11) is 5.07. The first-order chi connectivity index (χ1) is 16.1.